The van der Waals surface area contributed by atoms with Gasteiger partial charge in [0.2, 0.25) is 0 Å². The molecule has 0 spiro atoms. The summed E-state index contributed by atoms with van der Waals surface area (Å²) in [5.74, 6) is 0.398. The number of rotatable bonds is 3. The number of hydrogen-bond acceptors (Lipinski definition) is 2. The molecule has 0 unspecified atom stereocenters. The van der Waals surface area contributed by atoms with E-state index >= 15 is 0 Å². The average Bonchev–Trinajstić information content (AvgIpc) is 2.15. The van der Waals surface area contributed by atoms with Gasteiger partial charge in [-0.25, -0.2) is 0 Å². The van der Waals surface area contributed by atoms with Crippen LogP contribution in [0.3, 0.4) is 0 Å². The van der Waals surface area contributed by atoms with Gasteiger partial charge in [0.25, 0.3) is 5.69 Å². The molecular formula is C11H13NO2. The fourth-order valence-corrected chi connectivity index (χ4v) is 1.09. The maximum absolute atomic E-state index is 10.6. The third kappa shape index (κ3) is 2.69. The summed E-state index contributed by atoms with van der Waals surface area (Å²) in [4.78, 5) is 10.3. The minimum absolute atomic E-state index is 0.157. The molecule has 0 aliphatic heterocycles. The summed E-state index contributed by atoms with van der Waals surface area (Å²) in [5.41, 5.74) is 0.815. The summed E-state index contributed by atoms with van der Waals surface area (Å²) < 4.78 is 0. The first-order valence-corrected chi connectivity index (χ1v) is 4.53. The first-order chi connectivity index (χ1) is 6.61. The van der Waals surface area contributed by atoms with E-state index in [1.807, 2.05) is 19.9 Å². The van der Waals surface area contributed by atoms with Crippen LogP contribution < -0.4 is 0 Å². The van der Waals surface area contributed by atoms with E-state index in [1.165, 1.54) is 6.07 Å². The van der Waals surface area contributed by atoms with Crippen LogP contribution in [-0.2, 0) is 0 Å². The summed E-state index contributed by atoms with van der Waals surface area (Å²) in [6.07, 6.45) is 3.74. The van der Waals surface area contributed by atoms with Gasteiger partial charge >= 0.3 is 0 Å². The summed E-state index contributed by atoms with van der Waals surface area (Å²) in [7, 11) is 0. The Bertz CT molecular complexity index is 356. The largest absolute Gasteiger partial charge is 0.276 e. The fraction of sp³-hybridized carbons (Fsp3) is 0.273. The number of para-hydroxylation sites is 1. The quantitative estimate of drug-likeness (QED) is 0.543. The van der Waals surface area contributed by atoms with Gasteiger partial charge in [-0.3, -0.25) is 10.1 Å². The highest BCUT2D eigenvalue weighted by Gasteiger charge is 2.08. The molecule has 1 aromatic carbocycles. The smallest absolute Gasteiger partial charge is 0.258 e. The standard InChI is InChI=1S/C11H13NO2/c1-9(2)7-8-10-5-3-4-6-11(10)12(13)14/h3-9H,1-2H3/b8-7+. The Morgan fingerprint density at radius 3 is 2.57 bits per heavy atom. The van der Waals surface area contributed by atoms with E-state index in [2.05, 4.69) is 0 Å². The van der Waals surface area contributed by atoms with Gasteiger partial charge in [0.05, 0.1) is 10.5 Å². The second kappa shape index (κ2) is 4.56. The summed E-state index contributed by atoms with van der Waals surface area (Å²) in [6, 6.07) is 6.73. The van der Waals surface area contributed by atoms with E-state index in [-0.39, 0.29) is 10.6 Å². The molecule has 0 radical (unpaired) electrons. The predicted octanol–water partition coefficient (Wildman–Crippen LogP) is 3.26. The predicted molar refractivity (Wildman–Crippen MR) is 57.0 cm³/mol. The van der Waals surface area contributed by atoms with Crippen molar-refractivity contribution in [1.82, 2.24) is 0 Å². The molecule has 0 bridgehead atoms. The van der Waals surface area contributed by atoms with E-state index in [9.17, 15) is 10.1 Å². The number of nitro groups is 1. The van der Waals surface area contributed by atoms with Gasteiger partial charge in [0, 0.05) is 6.07 Å². The van der Waals surface area contributed by atoms with Crippen molar-refractivity contribution in [1.29, 1.82) is 0 Å². The Kier molecular flexibility index (Phi) is 3.40. The summed E-state index contributed by atoms with van der Waals surface area (Å²) in [6.45, 7) is 4.07. The molecule has 0 aliphatic rings. The molecule has 0 aliphatic carbocycles. The molecule has 0 saturated carbocycles. The zero-order chi connectivity index (χ0) is 10.6. The molecular weight excluding hydrogens is 178 g/mol. The monoisotopic (exact) mass is 191 g/mol. The van der Waals surface area contributed by atoms with Crippen LogP contribution in [0.2, 0.25) is 0 Å². The molecule has 0 atom stereocenters. The average molecular weight is 191 g/mol. The molecule has 0 amide bonds. The van der Waals surface area contributed by atoms with Crippen LogP contribution in [0.5, 0.6) is 0 Å². The minimum Gasteiger partial charge on any atom is -0.258 e. The lowest BCUT2D eigenvalue weighted by Crippen LogP contribution is -1.90. The zero-order valence-electron chi connectivity index (χ0n) is 8.31. The lowest BCUT2D eigenvalue weighted by atomic mass is 10.1. The van der Waals surface area contributed by atoms with Crippen LogP contribution in [0, 0.1) is 16.0 Å². The number of allylic oxidation sites excluding steroid dienone is 1. The number of benzene rings is 1. The van der Waals surface area contributed by atoms with Gasteiger partial charge in [0.15, 0.2) is 0 Å². The van der Waals surface area contributed by atoms with Crippen molar-refractivity contribution in [3.8, 4) is 0 Å². The second-order valence-corrected chi connectivity index (χ2v) is 3.42. The highest BCUT2D eigenvalue weighted by Crippen LogP contribution is 2.19. The van der Waals surface area contributed by atoms with Crippen molar-refractivity contribution in [2.75, 3.05) is 0 Å². The van der Waals surface area contributed by atoms with Gasteiger partial charge in [-0.2, -0.15) is 0 Å². The normalized spacial score (nSPS) is 11.1. The van der Waals surface area contributed by atoms with E-state index in [4.69, 9.17) is 0 Å². The third-order valence-electron chi connectivity index (χ3n) is 1.79. The van der Waals surface area contributed by atoms with E-state index in [0.717, 1.165) is 0 Å². The second-order valence-electron chi connectivity index (χ2n) is 3.42. The van der Waals surface area contributed by atoms with Crippen LogP contribution in [0.25, 0.3) is 6.08 Å². The number of nitro benzene ring substituents is 1. The molecule has 0 heterocycles. The van der Waals surface area contributed by atoms with Crippen molar-refractivity contribution >= 4 is 11.8 Å². The molecule has 74 valence electrons. The Morgan fingerprint density at radius 1 is 1.36 bits per heavy atom. The van der Waals surface area contributed by atoms with Crippen molar-refractivity contribution < 1.29 is 4.92 Å². The SMILES string of the molecule is CC(C)/C=C/c1ccccc1[N+](=O)[O-]. The summed E-state index contributed by atoms with van der Waals surface area (Å²) in [5, 5.41) is 10.6. The Morgan fingerprint density at radius 2 is 2.00 bits per heavy atom. The number of nitrogens with zero attached hydrogens (tertiary/aromatic N) is 1. The highest BCUT2D eigenvalue weighted by atomic mass is 16.6. The molecule has 14 heavy (non-hydrogen) atoms. The van der Waals surface area contributed by atoms with E-state index in [1.54, 1.807) is 24.3 Å². The molecule has 0 aromatic heterocycles. The maximum Gasteiger partial charge on any atom is 0.276 e. The first kappa shape index (κ1) is 10.4. The fourth-order valence-electron chi connectivity index (χ4n) is 1.09. The molecule has 1 aromatic rings. The van der Waals surface area contributed by atoms with Crippen LogP contribution >= 0.6 is 0 Å². The van der Waals surface area contributed by atoms with Gasteiger partial charge in [-0.05, 0) is 12.0 Å². The van der Waals surface area contributed by atoms with Gasteiger partial charge in [-0.1, -0.05) is 38.1 Å². The Balaban J connectivity index is 3.02. The van der Waals surface area contributed by atoms with Gasteiger partial charge in [-0.15, -0.1) is 0 Å². The van der Waals surface area contributed by atoms with Gasteiger partial charge < -0.3 is 0 Å². The lowest BCUT2D eigenvalue weighted by molar-refractivity contribution is -0.385. The molecule has 3 nitrogen and oxygen atoms in total. The molecule has 0 N–H and O–H groups in total. The van der Waals surface area contributed by atoms with Crippen molar-refractivity contribution in [2.45, 2.75) is 13.8 Å². The minimum atomic E-state index is -0.361. The summed E-state index contributed by atoms with van der Waals surface area (Å²) >= 11 is 0. The first-order valence-electron chi connectivity index (χ1n) is 4.53. The van der Waals surface area contributed by atoms with E-state index in [0.29, 0.717) is 11.5 Å². The topological polar surface area (TPSA) is 43.1 Å². The molecule has 3 heteroatoms. The lowest BCUT2D eigenvalue weighted by Gasteiger charge is -1.97. The van der Waals surface area contributed by atoms with Crippen LogP contribution in [0.15, 0.2) is 30.3 Å². The van der Waals surface area contributed by atoms with Crippen LogP contribution in [0.1, 0.15) is 19.4 Å². The number of hydrogen-bond donors (Lipinski definition) is 0. The van der Waals surface area contributed by atoms with Crippen LogP contribution in [-0.4, -0.2) is 4.92 Å². The van der Waals surface area contributed by atoms with Crippen molar-refractivity contribution in [3.63, 3.8) is 0 Å². The maximum atomic E-state index is 10.6. The third-order valence-corrected chi connectivity index (χ3v) is 1.79. The zero-order valence-corrected chi connectivity index (χ0v) is 8.31. The Labute approximate surface area is 83.2 Å². The Hall–Kier alpha value is -1.64. The highest BCUT2D eigenvalue weighted by molar-refractivity contribution is 5.60. The molecule has 1 rings (SSSR count). The van der Waals surface area contributed by atoms with Crippen molar-refractivity contribution in [2.24, 2.45) is 5.92 Å². The van der Waals surface area contributed by atoms with Crippen LogP contribution in [0.4, 0.5) is 5.69 Å². The molecule has 0 fully saturated rings. The molecule has 0 saturated heterocycles. The van der Waals surface area contributed by atoms with Crippen molar-refractivity contribution in [3.05, 3.63) is 46.0 Å². The van der Waals surface area contributed by atoms with Gasteiger partial charge in [0.1, 0.15) is 0 Å². The van der Waals surface area contributed by atoms with E-state index < -0.39 is 0 Å².